The number of fused-ring (bicyclic) bond motifs is 10. The summed E-state index contributed by atoms with van der Waals surface area (Å²) in [6, 6.07) is 76.9. The molecule has 2 heteroatoms. The molecule has 0 bridgehead atoms. The summed E-state index contributed by atoms with van der Waals surface area (Å²) in [5.74, 6) is 0. The Morgan fingerprint density at radius 2 is 1.13 bits per heavy atom. The largest absolute Gasteiger partial charge is 0.310 e. The summed E-state index contributed by atoms with van der Waals surface area (Å²) in [5.41, 5.74) is 22.8. The van der Waals surface area contributed by atoms with Crippen molar-refractivity contribution in [3.05, 3.63) is 229 Å². The van der Waals surface area contributed by atoms with Crippen molar-refractivity contribution in [2.45, 2.75) is 25.7 Å². The molecule has 0 saturated carbocycles. The number of hydrogen-bond donors (Lipinski definition) is 0. The van der Waals surface area contributed by atoms with Gasteiger partial charge >= 0.3 is 0 Å². The van der Waals surface area contributed by atoms with Gasteiger partial charge in [0, 0.05) is 39.1 Å². The Morgan fingerprint density at radius 1 is 0.419 bits per heavy atom. The van der Waals surface area contributed by atoms with E-state index in [-0.39, 0.29) is 5.41 Å². The Labute approximate surface area is 362 Å². The molecule has 0 atom stereocenters. The predicted molar refractivity (Wildman–Crippen MR) is 261 cm³/mol. The van der Waals surface area contributed by atoms with Crippen molar-refractivity contribution >= 4 is 55.7 Å². The fourth-order valence-corrected chi connectivity index (χ4v) is 11.0. The van der Waals surface area contributed by atoms with Crippen LogP contribution in [-0.2, 0) is 11.8 Å². The van der Waals surface area contributed by atoms with E-state index in [2.05, 4.69) is 230 Å². The van der Waals surface area contributed by atoms with Crippen molar-refractivity contribution in [3.63, 3.8) is 0 Å². The first-order chi connectivity index (χ1) is 30.5. The van der Waals surface area contributed by atoms with E-state index >= 15 is 0 Å². The molecule has 10 aromatic carbocycles. The van der Waals surface area contributed by atoms with Gasteiger partial charge in [-0.2, -0.15) is 0 Å². The Balaban J connectivity index is 0.952. The molecule has 1 heterocycles. The molecule has 292 valence electrons. The lowest BCUT2D eigenvalue weighted by atomic mass is 9.82. The Kier molecular flexibility index (Phi) is 7.45. The van der Waals surface area contributed by atoms with Gasteiger partial charge in [-0.1, -0.05) is 147 Å². The highest BCUT2D eigenvalue weighted by molar-refractivity contribution is 6.20. The maximum atomic E-state index is 2.51. The van der Waals surface area contributed by atoms with Gasteiger partial charge in [-0.15, -0.1) is 0 Å². The van der Waals surface area contributed by atoms with Crippen LogP contribution in [0.5, 0.6) is 0 Å². The van der Waals surface area contributed by atoms with E-state index < -0.39 is 0 Å². The second kappa shape index (κ2) is 13.2. The van der Waals surface area contributed by atoms with Crippen molar-refractivity contribution in [1.29, 1.82) is 0 Å². The third-order valence-corrected chi connectivity index (χ3v) is 14.0. The van der Waals surface area contributed by atoms with Crippen LogP contribution in [0.2, 0.25) is 0 Å². The number of benzene rings is 10. The van der Waals surface area contributed by atoms with E-state index in [1.54, 1.807) is 0 Å². The van der Waals surface area contributed by atoms with E-state index in [4.69, 9.17) is 0 Å². The first-order valence-electron chi connectivity index (χ1n) is 21.8. The normalized spacial score (nSPS) is 13.7. The third kappa shape index (κ3) is 5.10. The van der Waals surface area contributed by atoms with E-state index in [0.717, 1.165) is 23.5 Å². The van der Waals surface area contributed by atoms with Crippen LogP contribution >= 0.6 is 0 Å². The molecule has 0 unspecified atom stereocenters. The molecule has 0 saturated heterocycles. The van der Waals surface area contributed by atoms with Crippen molar-refractivity contribution < 1.29 is 0 Å². The van der Waals surface area contributed by atoms with Gasteiger partial charge in [0.05, 0.1) is 11.4 Å². The molecule has 1 aliphatic heterocycles. The maximum Gasteiger partial charge on any atom is 0.0547 e. The molecule has 3 aliphatic rings. The highest BCUT2D eigenvalue weighted by atomic mass is 15.2. The minimum atomic E-state index is -0.0935. The predicted octanol–water partition coefficient (Wildman–Crippen LogP) is 16.5. The zero-order valence-electron chi connectivity index (χ0n) is 34.7. The molecular weight excluding hydrogens is 749 g/mol. The summed E-state index contributed by atoms with van der Waals surface area (Å²) < 4.78 is 0. The van der Waals surface area contributed by atoms with E-state index in [0.29, 0.717) is 0 Å². The van der Waals surface area contributed by atoms with Gasteiger partial charge in [0.2, 0.25) is 0 Å². The minimum Gasteiger partial charge on any atom is -0.310 e. The Hall–Kier alpha value is -7.68. The third-order valence-electron chi connectivity index (χ3n) is 14.0. The first kappa shape index (κ1) is 35.1. The standard InChI is InChI=1S/C60H42N2/c1-60(2)54-21-11-10-20-50(54)51-31-30-47(37-55(51)60)62-56-22-12-15-42-34-43(35-53(58(42)56)59-49-19-9-6-13-39(49)26-32-57(59)62)38-23-27-45(28-24-38)61(44-16-4-3-5-17-44)46-29-25-41-33-40-14-7-8-18-48(40)52(41)36-46/h3-32,34-37H,33H2,1-2H3. The molecule has 0 spiro atoms. The average molecular weight is 791 g/mol. The Morgan fingerprint density at radius 3 is 2.02 bits per heavy atom. The molecule has 62 heavy (non-hydrogen) atoms. The van der Waals surface area contributed by atoms with Gasteiger partial charge in [0.1, 0.15) is 0 Å². The Bertz CT molecular complexity index is 3470. The van der Waals surface area contributed by atoms with Gasteiger partial charge < -0.3 is 9.80 Å². The van der Waals surface area contributed by atoms with Crippen LogP contribution < -0.4 is 9.80 Å². The highest BCUT2D eigenvalue weighted by Gasteiger charge is 2.37. The van der Waals surface area contributed by atoms with Crippen molar-refractivity contribution in [1.82, 2.24) is 0 Å². The van der Waals surface area contributed by atoms with Gasteiger partial charge in [0.15, 0.2) is 0 Å². The topological polar surface area (TPSA) is 6.48 Å². The van der Waals surface area contributed by atoms with Crippen molar-refractivity contribution in [2.75, 3.05) is 9.80 Å². The van der Waals surface area contributed by atoms with Gasteiger partial charge in [-0.05, 0) is 157 Å². The number of anilines is 6. The second-order valence-corrected chi connectivity index (χ2v) is 17.7. The quantitative estimate of drug-likeness (QED) is 0.171. The summed E-state index contributed by atoms with van der Waals surface area (Å²) in [6.07, 6.45) is 0.987. The van der Waals surface area contributed by atoms with Crippen LogP contribution in [0.4, 0.5) is 34.1 Å². The lowest BCUT2D eigenvalue weighted by Crippen LogP contribution is -2.18. The van der Waals surface area contributed by atoms with E-state index in [9.17, 15) is 0 Å². The van der Waals surface area contributed by atoms with Gasteiger partial charge in [-0.25, -0.2) is 0 Å². The molecule has 0 radical (unpaired) electrons. The van der Waals surface area contributed by atoms with E-state index in [1.807, 2.05) is 0 Å². The molecule has 0 aromatic heterocycles. The molecule has 13 rings (SSSR count). The van der Waals surface area contributed by atoms with Crippen LogP contribution in [0.25, 0.3) is 66.1 Å². The van der Waals surface area contributed by atoms with Crippen molar-refractivity contribution in [2.24, 2.45) is 0 Å². The molecule has 0 fully saturated rings. The molecule has 2 nitrogen and oxygen atoms in total. The maximum absolute atomic E-state index is 2.51. The molecule has 0 amide bonds. The number of nitrogens with zero attached hydrogens (tertiary/aromatic N) is 2. The summed E-state index contributed by atoms with van der Waals surface area (Å²) >= 11 is 0. The summed E-state index contributed by atoms with van der Waals surface area (Å²) in [6.45, 7) is 4.74. The van der Waals surface area contributed by atoms with Crippen LogP contribution in [0.1, 0.15) is 36.1 Å². The average Bonchev–Trinajstić information content (AvgIpc) is 3.80. The summed E-state index contributed by atoms with van der Waals surface area (Å²) in [4.78, 5) is 4.90. The summed E-state index contributed by atoms with van der Waals surface area (Å²) in [7, 11) is 0. The van der Waals surface area contributed by atoms with Crippen molar-refractivity contribution in [3.8, 4) is 44.5 Å². The molecular formula is C60H42N2. The lowest BCUT2D eigenvalue weighted by molar-refractivity contribution is 0.660. The minimum absolute atomic E-state index is 0.0935. The highest BCUT2D eigenvalue weighted by Crippen LogP contribution is 2.56. The lowest BCUT2D eigenvalue weighted by Gasteiger charge is -2.35. The SMILES string of the molecule is CC1(C)c2ccccc2-c2ccc(N3c4ccc5ccccc5c4-c4cc(-c5ccc(N(c6ccccc6)c6ccc7c(c6)-c6ccccc6C7)cc5)cc5cccc3c45)cc21. The number of para-hydroxylation sites is 1. The second-order valence-electron chi connectivity index (χ2n) is 17.7. The number of rotatable bonds is 5. The van der Waals surface area contributed by atoms with Crippen LogP contribution in [0.3, 0.4) is 0 Å². The van der Waals surface area contributed by atoms with Gasteiger partial charge in [0.25, 0.3) is 0 Å². The number of hydrogen-bond acceptors (Lipinski definition) is 2. The smallest absolute Gasteiger partial charge is 0.0547 e. The summed E-state index contributed by atoms with van der Waals surface area (Å²) in [5, 5.41) is 5.03. The molecule has 10 aromatic rings. The molecule has 2 aliphatic carbocycles. The monoisotopic (exact) mass is 790 g/mol. The zero-order chi connectivity index (χ0) is 41.1. The van der Waals surface area contributed by atoms with Gasteiger partial charge in [-0.3, -0.25) is 0 Å². The van der Waals surface area contributed by atoms with Crippen LogP contribution in [0.15, 0.2) is 206 Å². The first-order valence-corrected chi connectivity index (χ1v) is 21.8. The molecule has 0 N–H and O–H groups in total. The van der Waals surface area contributed by atoms with Crippen LogP contribution in [0, 0.1) is 0 Å². The fourth-order valence-electron chi connectivity index (χ4n) is 11.0. The van der Waals surface area contributed by atoms with Crippen LogP contribution in [-0.4, -0.2) is 0 Å². The zero-order valence-corrected chi connectivity index (χ0v) is 34.7. The fraction of sp³-hybridized carbons (Fsp3) is 0.0667. The van der Waals surface area contributed by atoms with E-state index in [1.165, 1.54) is 105 Å².